The molecule has 12 heteroatoms. The van der Waals surface area contributed by atoms with Crippen molar-refractivity contribution < 1.29 is 47.5 Å². The van der Waals surface area contributed by atoms with Gasteiger partial charge in [-0.05, 0) is 78.2 Å². The molecule has 4 aromatic rings. The Labute approximate surface area is 298 Å². The Morgan fingerprint density at radius 2 is 0.765 bits per heavy atom. The third-order valence-corrected chi connectivity index (χ3v) is 8.91. The Morgan fingerprint density at radius 3 is 1.06 bits per heavy atom. The number of carbonyl (C=O) groups excluding carboxylic acids is 2. The number of benzene rings is 4. The lowest BCUT2D eigenvalue weighted by atomic mass is 10.00. The maximum Gasteiger partial charge on any atom is 0.253 e. The molecule has 1 aliphatic rings. The molecule has 0 radical (unpaired) electrons. The van der Waals surface area contributed by atoms with Crippen LogP contribution >= 0.6 is 0 Å². The van der Waals surface area contributed by atoms with Gasteiger partial charge in [-0.15, -0.1) is 0 Å². The first-order valence-corrected chi connectivity index (χ1v) is 16.3. The maximum atomic E-state index is 13.9. The number of carbonyl (C=O) groups is 2. The van der Waals surface area contributed by atoms with Gasteiger partial charge in [0.15, 0.2) is 23.0 Å². The summed E-state index contributed by atoms with van der Waals surface area (Å²) in [5.41, 5.74) is 3.82. The molecule has 0 spiro atoms. The van der Waals surface area contributed by atoms with Crippen LogP contribution in [-0.2, 0) is 0 Å². The molecule has 51 heavy (non-hydrogen) atoms. The average Bonchev–Trinajstić information content (AvgIpc) is 3.45. The molecule has 0 N–H and O–H groups in total. The van der Waals surface area contributed by atoms with Crippen LogP contribution in [0, 0.1) is 0 Å². The molecule has 270 valence electrons. The first kappa shape index (κ1) is 36.5. The van der Waals surface area contributed by atoms with Gasteiger partial charge in [-0.25, -0.2) is 0 Å². The van der Waals surface area contributed by atoms with Crippen LogP contribution in [0.3, 0.4) is 0 Å². The molecule has 0 atom stereocenters. The standard InChI is InChI=1S/C39H44N2O10/c1-44-30-12-10-24(18-28(30)26-20-32(46-3)36(50-7)33(21-26)47-4)38(42)40-14-9-15-41(17-16-40)39(43)25-11-13-31(45-2)29(19-25)27-22-34(48-5)37(51-8)35(23-27)49-6/h10-13,18-23H,9,14-17H2,1-8H3. The maximum absolute atomic E-state index is 13.9. The summed E-state index contributed by atoms with van der Waals surface area (Å²) >= 11 is 0. The van der Waals surface area contributed by atoms with E-state index in [2.05, 4.69) is 0 Å². The van der Waals surface area contributed by atoms with E-state index < -0.39 is 0 Å². The molecule has 5 rings (SSSR count). The zero-order valence-electron chi connectivity index (χ0n) is 30.3. The van der Waals surface area contributed by atoms with Crippen LogP contribution < -0.4 is 37.9 Å². The summed E-state index contributed by atoms with van der Waals surface area (Å²) < 4.78 is 44.5. The molecule has 0 aliphatic carbocycles. The summed E-state index contributed by atoms with van der Waals surface area (Å²) in [6.45, 7) is 1.72. The molecule has 0 bridgehead atoms. The van der Waals surface area contributed by atoms with Crippen molar-refractivity contribution in [2.45, 2.75) is 6.42 Å². The highest BCUT2D eigenvalue weighted by Gasteiger charge is 2.26. The Hall–Kier alpha value is -5.78. The van der Waals surface area contributed by atoms with Crippen molar-refractivity contribution in [3.63, 3.8) is 0 Å². The fourth-order valence-electron chi connectivity index (χ4n) is 6.30. The molecule has 12 nitrogen and oxygen atoms in total. The Morgan fingerprint density at radius 1 is 0.431 bits per heavy atom. The van der Waals surface area contributed by atoms with Gasteiger partial charge in [0.25, 0.3) is 11.8 Å². The lowest BCUT2D eigenvalue weighted by molar-refractivity contribution is 0.0719. The second-order valence-electron chi connectivity index (χ2n) is 11.6. The first-order chi connectivity index (χ1) is 24.7. The van der Waals surface area contributed by atoms with Crippen molar-refractivity contribution in [1.29, 1.82) is 0 Å². The smallest absolute Gasteiger partial charge is 0.253 e. The number of ether oxygens (including phenoxy) is 8. The Balaban J connectivity index is 1.38. The zero-order chi connectivity index (χ0) is 36.7. The van der Waals surface area contributed by atoms with Crippen LogP contribution in [0.4, 0.5) is 0 Å². The lowest BCUT2D eigenvalue weighted by Crippen LogP contribution is -2.37. The third-order valence-electron chi connectivity index (χ3n) is 8.91. The summed E-state index contributed by atoms with van der Waals surface area (Å²) in [6, 6.07) is 17.9. The minimum atomic E-state index is -0.144. The van der Waals surface area contributed by atoms with Crippen LogP contribution in [0.15, 0.2) is 60.7 Å². The van der Waals surface area contributed by atoms with Crippen molar-refractivity contribution in [3.05, 3.63) is 71.8 Å². The predicted molar refractivity (Wildman–Crippen MR) is 193 cm³/mol. The van der Waals surface area contributed by atoms with Crippen LogP contribution in [-0.4, -0.2) is 105 Å². The highest BCUT2D eigenvalue weighted by atomic mass is 16.5. The molecular weight excluding hydrogens is 656 g/mol. The van der Waals surface area contributed by atoms with Crippen molar-refractivity contribution in [1.82, 2.24) is 9.80 Å². The van der Waals surface area contributed by atoms with Gasteiger partial charge in [0, 0.05) is 48.4 Å². The molecule has 0 saturated carbocycles. The van der Waals surface area contributed by atoms with E-state index in [1.165, 1.54) is 0 Å². The van der Waals surface area contributed by atoms with Crippen molar-refractivity contribution in [2.75, 3.05) is 83.1 Å². The van der Waals surface area contributed by atoms with E-state index in [9.17, 15) is 9.59 Å². The Kier molecular flexibility index (Phi) is 11.7. The van der Waals surface area contributed by atoms with Gasteiger partial charge in [-0.3, -0.25) is 9.59 Å². The quantitative estimate of drug-likeness (QED) is 0.172. The number of hydrogen-bond donors (Lipinski definition) is 0. The van der Waals surface area contributed by atoms with Crippen molar-refractivity contribution >= 4 is 11.8 Å². The molecule has 2 amide bonds. The van der Waals surface area contributed by atoms with Crippen molar-refractivity contribution in [2.24, 2.45) is 0 Å². The second-order valence-corrected chi connectivity index (χ2v) is 11.6. The topological polar surface area (TPSA) is 114 Å². The van der Waals surface area contributed by atoms with E-state index in [1.54, 1.807) is 103 Å². The molecule has 0 aromatic heterocycles. The van der Waals surface area contributed by atoms with Gasteiger partial charge in [-0.1, -0.05) is 0 Å². The molecule has 1 fully saturated rings. The molecule has 1 saturated heterocycles. The fraction of sp³-hybridized carbons (Fsp3) is 0.333. The monoisotopic (exact) mass is 700 g/mol. The van der Waals surface area contributed by atoms with E-state index in [0.717, 1.165) is 11.1 Å². The molecule has 4 aromatic carbocycles. The zero-order valence-corrected chi connectivity index (χ0v) is 30.3. The highest BCUT2D eigenvalue weighted by molar-refractivity contribution is 5.98. The number of hydrogen-bond acceptors (Lipinski definition) is 10. The summed E-state index contributed by atoms with van der Waals surface area (Å²) in [6.07, 6.45) is 0.614. The minimum absolute atomic E-state index is 0.144. The average molecular weight is 701 g/mol. The van der Waals surface area contributed by atoms with E-state index >= 15 is 0 Å². The van der Waals surface area contributed by atoms with E-state index in [-0.39, 0.29) is 11.8 Å². The third kappa shape index (κ3) is 7.40. The molecule has 1 heterocycles. The summed E-state index contributed by atoms with van der Waals surface area (Å²) in [5.74, 6) is 3.73. The summed E-state index contributed by atoms with van der Waals surface area (Å²) in [7, 11) is 12.4. The van der Waals surface area contributed by atoms with Crippen LogP contribution in [0.5, 0.6) is 46.0 Å². The Bertz CT molecular complexity index is 1710. The van der Waals surface area contributed by atoms with E-state index in [4.69, 9.17) is 37.9 Å². The van der Waals surface area contributed by atoms with Gasteiger partial charge < -0.3 is 47.7 Å². The number of nitrogens with zero attached hydrogens (tertiary/aromatic N) is 2. The minimum Gasteiger partial charge on any atom is -0.496 e. The highest BCUT2D eigenvalue weighted by Crippen LogP contribution is 2.45. The summed E-state index contributed by atoms with van der Waals surface area (Å²) in [4.78, 5) is 31.4. The van der Waals surface area contributed by atoms with Crippen molar-refractivity contribution in [3.8, 4) is 68.2 Å². The van der Waals surface area contributed by atoms with Crippen LogP contribution in [0.25, 0.3) is 22.3 Å². The van der Waals surface area contributed by atoms with E-state index in [1.807, 2.05) is 24.3 Å². The predicted octanol–water partition coefficient (Wildman–Crippen LogP) is 6.08. The lowest BCUT2D eigenvalue weighted by Gasteiger charge is -2.23. The van der Waals surface area contributed by atoms with Gasteiger partial charge in [0.2, 0.25) is 11.5 Å². The normalized spacial score (nSPS) is 12.8. The largest absolute Gasteiger partial charge is 0.496 e. The number of amides is 2. The number of rotatable bonds is 12. The van der Waals surface area contributed by atoms with Gasteiger partial charge >= 0.3 is 0 Å². The summed E-state index contributed by atoms with van der Waals surface area (Å²) in [5, 5.41) is 0. The van der Waals surface area contributed by atoms with Crippen LogP contribution in [0.1, 0.15) is 27.1 Å². The SMILES string of the molecule is COc1ccc(C(=O)N2CCCN(C(=O)c3ccc(OC)c(-c4cc(OC)c(OC)c(OC)c4)c3)CC2)cc1-c1cc(OC)c(OC)c(OC)c1. The van der Waals surface area contributed by atoms with Gasteiger partial charge in [0.05, 0.1) is 56.9 Å². The molecular formula is C39H44N2O10. The van der Waals surface area contributed by atoms with Gasteiger partial charge in [0.1, 0.15) is 11.5 Å². The van der Waals surface area contributed by atoms with Crippen LogP contribution in [0.2, 0.25) is 0 Å². The number of methoxy groups -OCH3 is 8. The fourth-order valence-corrected chi connectivity index (χ4v) is 6.30. The first-order valence-electron chi connectivity index (χ1n) is 16.3. The van der Waals surface area contributed by atoms with E-state index in [0.29, 0.717) is 101 Å². The van der Waals surface area contributed by atoms with Gasteiger partial charge in [-0.2, -0.15) is 0 Å². The second kappa shape index (κ2) is 16.3. The molecule has 1 aliphatic heterocycles. The molecule has 0 unspecified atom stereocenters.